The summed E-state index contributed by atoms with van der Waals surface area (Å²) in [7, 11) is 1.58. The van der Waals surface area contributed by atoms with E-state index >= 15 is 0 Å². The number of hydrogen-bond donors (Lipinski definition) is 2. The normalized spacial score (nSPS) is 10.7. The number of aryl methyl sites for hydroxylation is 1. The van der Waals surface area contributed by atoms with Gasteiger partial charge in [-0.15, -0.1) is 0 Å². The van der Waals surface area contributed by atoms with E-state index in [2.05, 4.69) is 10.6 Å². The average Bonchev–Trinajstić information content (AvgIpc) is 2.42. The first-order chi connectivity index (χ1) is 9.92. The number of methoxy groups -OCH3 is 1. The Morgan fingerprint density at radius 2 is 2.05 bits per heavy atom. The molecule has 114 valence electrons. The van der Waals surface area contributed by atoms with Crippen LogP contribution in [-0.2, 0) is 9.59 Å². The first-order valence-corrected chi connectivity index (χ1v) is 6.82. The van der Waals surface area contributed by atoms with Crippen LogP contribution in [0.3, 0.4) is 0 Å². The van der Waals surface area contributed by atoms with E-state index in [1.165, 1.54) is 6.08 Å². The number of amides is 2. The van der Waals surface area contributed by atoms with E-state index in [9.17, 15) is 9.59 Å². The lowest BCUT2D eigenvalue weighted by atomic mass is 10.1. The number of hydrogen-bond acceptors (Lipinski definition) is 3. The first-order valence-electron chi connectivity index (χ1n) is 6.82. The third-order valence-corrected chi connectivity index (χ3v) is 2.67. The monoisotopic (exact) mass is 290 g/mol. The summed E-state index contributed by atoms with van der Waals surface area (Å²) >= 11 is 0. The van der Waals surface area contributed by atoms with E-state index in [1.54, 1.807) is 13.2 Å². The number of carbonyl (C=O) groups excluding carboxylic acids is 2. The fraction of sp³-hybridized carbons (Fsp3) is 0.375. The molecular formula is C16H22N2O3. The van der Waals surface area contributed by atoms with Gasteiger partial charge in [0.15, 0.2) is 0 Å². The van der Waals surface area contributed by atoms with Crippen molar-refractivity contribution in [1.29, 1.82) is 0 Å². The minimum Gasteiger partial charge on any atom is -0.496 e. The van der Waals surface area contributed by atoms with Gasteiger partial charge in [-0.05, 0) is 39.0 Å². The molecule has 0 aliphatic rings. The Bertz CT molecular complexity index is 536. The maximum absolute atomic E-state index is 11.7. The second-order valence-corrected chi connectivity index (χ2v) is 5.02. The summed E-state index contributed by atoms with van der Waals surface area (Å²) in [6, 6.07) is 5.77. The Kier molecular flexibility index (Phi) is 6.46. The van der Waals surface area contributed by atoms with Crippen molar-refractivity contribution in [3.05, 3.63) is 35.4 Å². The SMILES string of the molecule is COc1ccc(C)cc1/C=C/C(=O)NCC(=O)NC(C)C. The summed E-state index contributed by atoms with van der Waals surface area (Å²) < 4.78 is 5.23. The quantitative estimate of drug-likeness (QED) is 0.783. The lowest BCUT2D eigenvalue weighted by Crippen LogP contribution is -2.39. The lowest BCUT2D eigenvalue weighted by Gasteiger charge is -2.08. The van der Waals surface area contributed by atoms with E-state index in [-0.39, 0.29) is 24.4 Å². The molecule has 0 heterocycles. The smallest absolute Gasteiger partial charge is 0.244 e. The van der Waals surface area contributed by atoms with Crippen molar-refractivity contribution < 1.29 is 14.3 Å². The lowest BCUT2D eigenvalue weighted by molar-refractivity contribution is -0.124. The summed E-state index contributed by atoms with van der Waals surface area (Å²) in [5.41, 5.74) is 1.89. The molecule has 0 saturated heterocycles. The minimum absolute atomic E-state index is 0.0354. The molecule has 21 heavy (non-hydrogen) atoms. The second-order valence-electron chi connectivity index (χ2n) is 5.02. The van der Waals surface area contributed by atoms with Gasteiger partial charge in [0.05, 0.1) is 13.7 Å². The molecule has 2 N–H and O–H groups in total. The van der Waals surface area contributed by atoms with Crippen LogP contribution in [0.1, 0.15) is 25.0 Å². The molecule has 0 fully saturated rings. The van der Waals surface area contributed by atoms with E-state index in [4.69, 9.17) is 4.74 Å². The maximum atomic E-state index is 11.7. The summed E-state index contributed by atoms with van der Waals surface area (Å²) in [6.45, 7) is 5.66. The highest BCUT2D eigenvalue weighted by Gasteiger charge is 2.05. The van der Waals surface area contributed by atoms with Crippen molar-refractivity contribution in [2.75, 3.05) is 13.7 Å². The number of nitrogens with one attached hydrogen (secondary N) is 2. The maximum Gasteiger partial charge on any atom is 0.244 e. The van der Waals surface area contributed by atoms with Gasteiger partial charge in [0, 0.05) is 17.7 Å². The van der Waals surface area contributed by atoms with Crippen LogP contribution in [0.5, 0.6) is 5.75 Å². The predicted molar refractivity (Wildman–Crippen MR) is 83.1 cm³/mol. The molecule has 5 heteroatoms. The highest BCUT2D eigenvalue weighted by molar-refractivity contribution is 5.94. The van der Waals surface area contributed by atoms with Crippen molar-refractivity contribution >= 4 is 17.9 Å². The van der Waals surface area contributed by atoms with Crippen molar-refractivity contribution in [3.63, 3.8) is 0 Å². The molecule has 0 radical (unpaired) electrons. The zero-order valence-electron chi connectivity index (χ0n) is 12.9. The van der Waals surface area contributed by atoms with Gasteiger partial charge in [-0.1, -0.05) is 11.6 Å². The summed E-state index contributed by atoms with van der Waals surface area (Å²) in [5, 5.41) is 5.23. The van der Waals surface area contributed by atoms with Gasteiger partial charge < -0.3 is 15.4 Å². The fourth-order valence-corrected chi connectivity index (χ4v) is 1.75. The summed E-state index contributed by atoms with van der Waals surface area (Å²) in [6.07, 6.45) is 3.06. The van der Waals surface area contributed by atoms with Gasteiger partial charge >= 0.3 is 0 Å². The van der Waals surface area contributed by atoms with Crippen LogP contribution >= 0.6 is 0 Å². The van der Waals surface area contributed by atoms with E-state index < -0.39 is 0 Å². The van der Waals surface area contributed by atoms with Gasteiger partial charge in [-0.25, -0.2) is 0 Å². The van der Waals surface area contributed by atoms with Crippen LogP contribution < -0.4 is 15.4 Å². The zero-order chi connectivity index (χ0) is 15.8. The number of ether oxygens (including phenoxy) is 1. The van der Waals surface area contributed by atoms with E-state index in [0.29, 0.717) is 5.75 Å². The van der Waals surface area contributed by atoms with Gasteiger partial charge in [-0.3, -0.25) is 9.59 Å². The number of carbonyl (C=O) groups is 2. The molecule has 1 aromatic carbocycles. The van der Waals surface area contributed by atoms with Crippen LogP contribution in [-0.4, -0.2) is 31.5 Å². The molecule has 0 atom stereocenters. The van der Waals surface area contributed by atoms with Crippen molar-refractivity contribution in [3.8, 4) is 5.75 Å². The van der Waals surface area contributed by atoms with Gasteiger partial charge in [0.25, 0.3) is 0 Å². The molecule has 0 unspecified atom stereocenters. The van der Waals surface area contributed by atoms with Crippen molar-refractivity contribution in [2.24, 2.45) is 0 Å². The third-order valence-electron chi connectivity index (χ3n) is 2.67. The molecule has 0 aliphatic heterocycles. The molecule has 0 bridgehead atoms. The van der Waals surface area contributed by atoms with Crippen LogP contribution in [0.4, 0.5) is 0 Å². The molecule has 0 aromatic heterocycles. The van der Waals surface area contributed by atoms with Gasteiger partial charge in [-0.2, -0.15) is 0 Å². The highest BCUT2D eigenvalue weighted by atomic mass is 16.5. The standard InChI is InChI=1S/C16H22N2O3/c1-11(2)18-16(20)10-17-15(19)8-6-13-9-12(3)5-7-14(13)21-4/h5-9,11H,10H2,1-4H3,(H,17,19)(H,18,20)/b8-6+. The molecule has 1 rings (SSSR count). The Balaban J connectivity index is 2.58. The van der Waals surface area contributed by atoms with Gasteiger partial charge in [0.2, 0.25) is 11.8 Å². The van der Waals surface area contributed by atoms with Crippen LogP contribution in [0.25, 0.3) is 6.08 Å². The Morgan fingerprint density at radius 3 is 2.67 bits per heavy atom. The van der Waals surface area contributed by atoms with E-state index in [0.717, 1.165) is 11.1 Å². The Hall–Kier alpha value is -2.30. The summed E-state index contributed by atoms with van der Waals surface area (Å²) in [4.78, 5) is 23.1. The molecular weight excluding hydrogens is 268 g/mol. The largest absolute Gasteiger partial charge is 0.496 e. The second kappa shape index (κ2) is 8.09. The molecule has 0 saturated carbocycles. The molecule has 0 aliphatic carbocycles. The first kappa shape index (κ1) is 16.8. The zero-order valence-corrected chi connectivity index (χ0v) is 12.9. The molecule has 2 amide bonds. The highest BCUT2D eigenvalue weighted by Crippen LogP contribution is 2.20. The van der Waals surface area contributed by atoms with Crippen molar-refractivity contribution in [2.45, 2.75) is 26.8 Å². The third kappa shape index (κ3) is 6.12. The predicted octanol–water partition coefficient (Wildman–Crippen LogP) is 1.66. The average molecular weight is 290 g/mol. The van der Waals surface area contributed by atoms with Crippen LogP contribution in [0.15, 0.2) is 24.3 Å². The Labute approximate surface area is 125 Å². The topological polar surface area (TPSA) is 67.4 Å². The molecule has 0 spiro atoms. The molecule has 5 nitrogen and oxygen atoms in total. The molecule has 1 aromatic rings. The van der Waals surface area contributed by atoms with E-state index in [1.807, 2.05) is 39.0 Å². The number of rotatable bonds is 6. The van der Waals surface area contributed by atoms with Gasteiger partial charge in [0.1, 0.15) is 5.75 Å². The number of benzene rings is 1. The Morgan fingerprint density at radius 1 is 1.33 bits per heavy atom. The van der Waals surface area contributed by atoms with Crippen LogP contribution in [0.2, 0.25) is 0 Å². The van der Waals surface area contributed by atoms with Crippen LogP contribution in [0, 0.1) is 6.92 Å². The fourth-order valence-electron chi connectivity index (χ4n) is 1.75. The minimum atomic E-state index is -0.322. The van der Waals surface area contributed by atoms with Crippen molar-refractivity contribution in [1.82, 2.24) is 10.6 Å². The summed E-state index contributed by atoms with van der Waals surface area (Å²) in [5.74, 6) is 0.166.